The number of halogens is 3. The number of anilines is 2. The van der Waals surface area contributed by atoms with Crippen molar-refractivity contribution in [3.63, 3.8) is 0 Å². The number of hydrogen-bond acceptors (Lipinski definition) is 2. The lowest BCUT2D eigenvalue weighted by Gasteiger charge is -2.09. The number of rotatable bonds is 4. The summed E-state index contributed by atoms with van der Waals surface area (Å²) < 4.78 is 14.9. The Morgan fingerprint density at radius 1 is 1.08 bits per heavy atom. The fourth-order valence-corrected chi connectivity index (χ4v) is 2.77. The van der Waals surface area contributed by atoms with Crippen molar-refractivity contribution >= 4 is 52.0 Å². The first kappa shape index (κ1) is 17.7. The van der Waals surface area contributed by atoms with E-state index < -0.39 is 5.82 Å². The number of benzene rings is 2. The van der Waals surface area contributed by atoms with Gasteiger partial charge in [-0.15, -0.1) is 0 Å². The van der Waals surface area contributed by atoms with Gasteiger partial charge in [0.15, 0.2) is 10.9 Å². The molecular formula is C17H13Cl2FN4S. The van der Waals surface area contributed by atoms with Gasteiger partial charge in [0.25, 0.3) is 0 Å². The maximum Gasteiger partial charge on any atom is 0.176 e. The van der Waals surface area contributed by atoms with Gasteiger partial charge in [-0.05, 0) is 36.0 Å². The summed E-state index contributed by atoms with van der Waals surface area (Å²) in [6.07, 6.45) is 1.72. The summed E-state index contributed by atoms with van der Waals surface area (Å²) in [7, 11) is 0. The van der Waals surface area contributed by atoms with Crippen molar-refractivity contribution in [3.8, 4) is 0 Å². The summed E-state index contributed by atoms with van der Waals surface area (Å²) in [5.41, 5.74) is 1.67. The quantitative estimate of drug-likeness (QED) is 0.597. The molecule has 0 bridgehead atoms. The van der Waals surface area contributed by atoms with E-state index >= 15 is 0 Å². The molecule has 0 saturated heterocycles. The Balaban J connectivity index is 1.66. The molecular weight excluding hydrogens is 382 g/mol. The van der Waals surface area contributed by atoms with E-state index in [9.17, 15) is 4.39 Å². The van der Waals surface area contributed by atoms with Crippen molar-refractivity contribution in [3.05, 3.63) is 76.2 Å². The molecule has 3 aromatic rings. The minimum atomic E-state index is -0.492. The van der Waals surface area contributed by atoms with Crippen LogP contribution in [0.5, 0.6) is 0 Å². The third-order valence-corrected chi connectivity index (χ3v) is 4.08. The van der Waals surface area contributed by atoms with Crippen LogP contribution in [0.4, 0.5) is 15.9 Å². The molecule has 1 heterocycles. The largest absolute Gasteiger partial charge is 0.332 e. The van der Waals surface area contributed by atoms with Gasteiger partial charge in [0.1, 0.15) is 10.8 Å². The van der Waals surface area contributed by atoms with Gasteiger partial charge in [0.2, 0.25) is 0 Å². The van der Waals surface area contributed by atoms with Gasteiger partial charge in [-0.2, -0.15) is 5.10 Å². The smallest absolute Gasteiger partial charge is 0.176 e. The minimum Gasteiger partial charge on any atom is -0.332 e. The lowest BCUT2D eigenvalue weighted by Crippen LogP contribution is -2.19. The Labute approximate surface area is 159 Å². The summed E-state index contributed by atoms with van der Waals surface area (Å²) in [5.74, 6) is -0.0582. The zero-order valence-electron chi connectivity index (χ0n) is 12.8. The molecule has 1 aromatic heterocycles. The average Bonchev–Trinajstić information content (AvgIpc) is 2.91. The summed E-state index contributed by atoms with van der Waals surface area (Å²) in [4.78, 5) is 0. The zero-order chi connectivity index (χ0) is 17.8. The van der Waals surface area contributed by atoms with Crippen molar-refractivity contribution in [1.29, 1.82) is 0 Å². The van der Waals surface area contributed by atoms with E-state index in [2.05, 4.69) is 15.7 Å². The molecule has 2 aromatic carbocycles. The van der Waals surface area contributed by atoms with Crippen LogP contribution in [0.15, 0.2) is 54.7 Å². The maximum atomic E-state index is 13.2. The van der Waals surface area contributed by atoms with Crippen LogP contribution >= 0.6 is 35.4 Å². The highest BCUT2D eigenvalue weighted by Gasteiger charge is 2.10. The minimum absolute atomic E-state index is 0.0120. The molecule has 0 aliphatic carbocycles. The molecule has 2 N–H and O–H groups in total. The van der Waals surface area contributed by atoms with Gasteiger partial charge in [0.05, 0.1) is 11.6 Å². The molecule has 0 radical (unpaired) electrons. The number of nitrogens with zero attached hydrogens (tertiary/aromatic N) is 2. The molecule has 128 valence electrons. The zero-order valence-corrected chi connectivity index (χ0v) is 15.2. The van der Waals surface area contributed by atoms with Gasteiger partial charge in [-0.25, -0.2) is 4.39 Å². The molecule has 0 aliphatic heterocycles. The number of hydrogen-bond donors (Lipinski definition) is 2. The Hall–Kier alpha value is -2.15. The SMILES string of the molecule is Fc1ccc(NC(=S)Nc2nn(Cc3ccccc3)cc2Cl)cc1Cl. The highest BCUT2D eigenvalue weighted by Crippen LogP contribution is 2.22. The molecule has 3 rings (SSSR count). The fraction of sp³-hybridized carbons (Fsp3) is 0.0588. The molecule has 0 atom stereocenters. The molecule has 0 fully saturated rings. The number of aromatic nitrogens is 2. The molecule has 25 heavy (non-hydrogen) atoms. The van der Waals surface area contributed by atoms with Crippen LogP contribution in [0.25, 0.3) is 0 Å². The van der Waals surface area contributed by atoms with E-state index in [0.717, 1.165) is 5.56 Å². The predicted octanol–water partition coefficient (Wildman–Crippen LogP) is 5.19. The molecule has 4 nitrogen and oxygen atoms in total. The Morgan fingerprint density at radius 3 is 2.56 bits per heavy atom. The number of thiocarbonyl (C=S) groups is 1. The highest BCUT2D eigenvalue weighted by molar-refractivity contribution is 7.80. The van der Waals surface area contributed by atoms with Crippen molar-refractivity contribution in [2.24, 2.45) is 0 Å². The first-order valence-corrected chi connectivity index (χ1v) is 8.47. The van der Waals surface area contributed by atoms with Crippen molar-refractivity contribution in [2.45, 2.75) is 6.54 Å². The van der Waals surface area contributed by atoms with Crippen LogP contribution in [0.2, 0.25) is 10.0 Å². The van der Waals surface area contributed by atoms with E-state index in [1.807, 2.05) is 30.3 Å². The van der Waals surface area contributed by atoms with Crippen LogP contribution in [0, 0.1) is 5.82 Å². The second-order valence-corrected chi connectivity index (χ2v) is 6.44. The predicted molar refractivity (Wildman–Crippen MR) is 104 cm³/mol. The summed E-state index contributed by atoms with van der Waals surface area (Å²) in [6.45, 7) is 0.593. The van der Waals surface area contributed by atoms with Crippen LogP contribution < -0.4 is 10.6 Å². The third-order valence-electron chi connectivity index (χ3n) is 3.31. The fourth-order valence-electron chi connectivity index (χ4n) is 2.18. The summed E-state index contributed by atoms with van der Waals surface area (Å²) in [6, 6.07) is 14.1. The summed E-state index contributed by atoms with van der Waals surface area (Å²) in [5, 5.41) is 10.9. The van der Waals surface area contributed by atoms with Gasteiger partial charge in [0, 0.05) is 11.9 Å². The molecule has 0 saturated carbocycles. The first-order valence-electron chi connectivity index (χ1n) is 7.31. The lowest BCUT2D eigenvalue weighted by molar-refractivity contribution is 0.628. The molecule has 0 unspecified atom stereocenters. The first-order chi connectivity index (χ1) is 12.0. The van der Waals surface area contributed by atoms with Crippen LogP contribution in [-0.4, -0.2) is 14.9 Å². The van der Waals surface area contributed by atoms with Crippen LogP contribution in [0.1, 0.15) is 5.56 Å². The highest BCUT2D eigenvalue weighted by atomic mass is 35.5. The van der Waals surface area contributed by atoms with E-state index in [4.69, 9.17) is 35.4 Å². The molecule has 0 spiro atoms. The van der Waals surface area contributed by atoms with Crippen molar-refractivity contribution in [2.75, 3.05) is 10.6 Å². The van der Waals surface area contributed by atoms with E-state index in [1.165, 1.54) is 18.2 Å². The Morgan fingerprint density at radius 2 is 1.84 bits per heavy atom. The normalized spacial score (nSPS) is 10.5. The Kier molecular flexibility index (Phi) is 5.53. The standard InChI is InChI=1S/C17H13Cl2FN4S/c18-13-8-12(6-7-15(13)20)21-17(25)22-16-14(19)10-24(23-16)9-11-4-2-1-3-5-11/h1-8,10H,9H2,(H2,21,22,23,25). The second kappa shape index (κ2) is 7.82. The maximum absolute atomic E-state index is 13.2. The molecule has 0 aliphatic rings. The Bertz CT molecular complexity index is 899. The molecule has 0 amide bonds. The monoisotopic (exact) mass is 394 g/mol. The lowest BCUT2D eigenvalue weighted by atomic mass is 10.2. The van der Waals surface area contributed by atoms with E-state index in [1.54, 1.807) is 10.9 Å². The van der Waals surface area contributed by atoms with Gasteiger partial charge < -0.3 is 10.6 Å². The van der Waals surface area contributed by atoms with Crippen molar-refractivity contribution in [1.82, 2.24) is 9.78 Å². The number of nitrogens with one attached hydrogen (secondary N) is 2. The topological polar surface area (TPSA) is 41.9 Å². The van der Waals surface area contributed by atoms with Crippen molar-refractivity contribution < 1.29 is 4.39 Å². The van der Waals surface area contributed by atoms with Crippen LogP contribution in [-0.2, 0) is 6.54 Å². The molecule has 8 heteroatoms. The average molecular weight is 395 g/mol. The van der Waals surface area contributed by atoms with Gasteiger partial charge in [-0.1, -0.05) is 53.5 Å². The van der Waals surface area contributed by atoms with E-state index in [-0.39, 0.29) is 10.1 Å². The van der Waals surface area contributed by atoms with Crippen LogP contribution in [0.3, 0.4) is 0 Å². The van der Waals surface area contributed by atoms with Gasteiger partial charge in [-0.3, -0.25) is 4.68 Å². The van der Waals surface area contributed by atoms with E-state index in [0.29, 0.717) is 23.1 Å². The van der Waals surface area contributed by atoms with Gasteiger partial charge >= 0.3 is 0 Å². The summed E-state index contributed by atoms with van der Waals surface area (Å²) >= 11 is 17.2. The second-order valence-electron chi connectivity index (χ2n) is 5.22. The third kappa shape index (κ3) is 4.69.